The van der Waals surface area contributed by atoms with Gasteiger partial charge in [0.2, 0.25) is 0 Å². The van der Waals surface area contributed by atoms with Crippen LogP contribution in [0.15, 0.2) is 24.3 Å². The number of rotatable bonds is 9. The van der Waals surface area contributed by atoms with Crippen LogP contribution in [-0.4, -0.2) is 31.2 Å². The van der Waals surface area contributed by atoms with E-state index in [1.54, 1.807) is 7.11 Å². The lowest BCUT2D eigenvalue weighted by Gasteiger charge is -2.07. The van der Waals surface area contributed by atoms with Crippen LogP contribution >= 0.6 is 22.6 Å². The molecule has 0 aliphatic rings. The minimum Gasteiger partial charge on any atom is -0.497 e. The normalized spacial score (nSPS) is 10.2. The number of alkyl halides is 1. The first-order chi connectivity index (χ1) is 8.36. The van der Waals surface area contributed by atoms with Crippen molar-refractivity contribution >= 4 is 22.6 Å². The van der Waals surface area contributed by atoms with Gasteiger partial charge >= 0.3 is 0 Å². The summed E-state index contributed by atoms with van der Waals surface area (Å²) in [6, 6.07) is 7.66. The number of nitrogens with one attached hydrogen (secondary N) is 1. The molecule has 0 bridgehead atoms. The van der Waals surface area contributed by atoms with Gasteiger partial charge in [-0.2, -0.15) is 0 Å². The van der Waals surface area contributed by atoms with Gasteiger partial charge in [0.05, 0.1) is 7.11 Å². The molecule has 0 atom stereocenters. The van der Waals surface area contributed by atoms with Gasteiger partial charge in [0.1, 0.15) is 18.1 Å². The number of benzene rings is 1. The Morgan fingerprint density at radius 1 is 1.06 bits per heavy atom. The Labute approximate surface area is 117 Å². The number of hydrogen-bond acceptors (Lipinski definition) is 3. The molecule has 0 heterocycles. The van der Waals surface area contributed by atoms with Crippen LogP contribution in [0.1, 0.15) is 12.8 Å². The molecule has 0 aliphatic carbocycles. The summed E-state index contributed by atoms with van der Waals surface area (Å²) >= 11 is 2.41. The number of halogens is 1. The van der Waals surface area contributed by atoms with E-state index in [0.29, 0.717) is 6.61 Å². The first-order valence-corrected chi connectivity index (χ1v) is 7.43. The van der Waals surface area contributed by atoms with Crippen molar-refractivity contribution in [1.29, 1.82) is 0 Å². The van der Waals surface area contributed by atoms with Crippen LogP contribution in [0.2, 0.25) is 0 Å². The first kappa shape index (κ1) is 14.6. The highest BCUT2D eigenvalue weighted by Crippen LogP contribution is 2.16. The Morgan fingerprint density at radius 3 is 2.41 bits per heavy atom. The highest BCUT2D eigenvalue weighted by atomic mass is 127. The molecule has 0 aromatic heterocycles. The molecule has 17 heavy (non-hydrogen) atoms. The van der Waals surface area contributed by atoms with Crippen LogP contribution in [0, 0.1) is 0 Å². The van der Waals surface area contributed by atoms with E-state index in [1.807, 2.05) is 24.3 Å². The number of unbranched alkanes of at least 4 members (excludes halogenated alkanes) is 1. The predicted molar refractivity (Wildman–Crippen MR) is 79.5 cm³/mol. The Bertz CT molecular complexity index is 290. The van der Waals surface area contributed by atoms with Crippen molar-refractivity contribution in [2.24, 2.45) is 0 Å². The molecule has 4 heteroatoms. The van der Waals surface area contributed by atoms with Crippen LogP contribution in [0.25, 0.3) is 0 Å². The van der Waals surface area contributed by atoms with Crippen LogP contribution in [0.3, 0.4) is 0 Å². The average molecular weight is 349 g/mol. The smallest absolute Gasteiger partial charge is 0.119 e. The van der Waals surface area contributed by atoms with Gasteiger partial charge in [-0.25, -0.2) is 0 Å². The van der Waals surface area contributed by atoms with E-state index in [0.717, 1.165) is 24.6 Å². The Kier molecular flexibility index (Phi) is 8.17. The van der Waals surface area contributed by atoms with E-state index < -0.39 is 0 Å². The molecule has 0 unspecified atom stereocenters. The Balaban J connectivity index is 2.05. The average Bonchev–Trinajstić information content (AvgIpc) is 2.38. The molecule has 0 fully saturated rings. The van der Waals surface area contributed by atoms with Gasteiger partial charge in [-0.15, -0.1) is 0 Å². The first-order valence-electron chi connectivity index (χ1n) is 5.90. The second-order valence-electron chi connectivity index (χ2n) is 3.67. The Hall–Kier alpha value is -0.490. The van der Waals surface area contributed by atoms with Crippen LogP contribution in [-0.2, 0) is 0 Å². The summed E-state index contributed by atoms with van der Waals surface area (Å²) in [7, 11) is 1.66. The molecule has 0 spiro atoms. The van der Waals surface area contributed by atoms with Gasteiger partial charge < -0.3 is 14.8 Å². The molecule has 1 N–H and O–H groups in total. The van der Waals surface area contributed by atoms with Crippen molar-refractivity contribution in [2.45, 2.75) is 12.8 Å². The van der Waals surface area contributed by atoms with Crippen molar-refractivity contribution in [3.05, 3.63) is 24.3 Å². The van der Waals surface area contributed by atoms with E-state index in [4.69, 9.17) is 9.47 Å². The third-order valence-electron chi connectivity index (χ3n) is 2.34. The standard InChI is InChI=1S/C13H20INO2/c1-16-12-4-6-13(7-5-12)17-11-10-15-9-3-2-8-14/h4-7,15H,2-3,8-11H2,1H3. The fourth-order valence-electron chi connectivity index (χ4n) is 1.38. The van der Waals surface area contributed by atoms with Crippen LogP contribution < -0.4 is 14.8 Å². The fraction of sp³-hybridized carbons (Fsp3) is 0.538. The molecule has 96 valence electrons. The summed E-state index contributed by atoms with van der Waals surface area (Å²) in [5.74, 6) is 1.74. The van der Waals surface area contributed by atoms with E-state index in [2.05, 4.69) is 27.9 Å². The van der Waals surface area contributed by atoms with Crippen molar-refractivity contribution in [3.63, 3.8) is 0 Å². The molecule has 0 amide bonds. The SMILES string of the molecule is COc1ccc(OCCNCCCCI)cc1. The summed E-state index contributed by atoms with van der Waals surface area (Å²) in [6.07, 6.45) is 2.53. The van der Waals surface area contributed by atoms with E-state index in [1.165, 1.54) is 17.3 Å². The van der Waals surface area contributed by atoms with E-state index in [9.17, 15) is 0 Å². The van der Waals surface area contributed by atoms with Crippen LogP contribution in [0.5, 0.6) is 11.5 Å². The molecule has 1 rings (SSSR count). The van der Waals surface area contributed by atoms with Gasteiger partial charge in [-0.3, -0.25) is 0 Å². The predicted octanol–water partition coefficient (Wildman–Crippen LogP) is 2.88. The third-order valence-corrected chi connectivity index (χ3v) is 3.11. The summed E-state index contributed by atoms with van der Waals surface area (Å²) in [5.41, 5.74) is 0. The van der Waals surface area contributed by atoms with E-state index >= 15 is 0 Å². The molecule has 1 aromatic carbocycles. The lowest BCUT2D eigenvalue weighted by Crippen LogP contribution is -2.22. The molecule has 3 nitrogen and oxygen atoms in total. The zero-order valence-corrected chi connectivity index (χ0v) is 12.4. The second kappa shape index (κ2) is 9.53. The summed E-state index contributed by atoms with van der Waals surface area (Å²) in [4.78, 5) is 0. The van der Waals surface area contributed by atoms with Gasteiger partial charge in [-0.1, -0.05) is 22.6 Å². The topological polar surface area (TPSA) is 30.5 Å². The zero-order valence-electron chi connectivity index (χ0n) is 10.2. The summed E-state index contributed by atoms with van der Waals surface area (Å²) < 4.78 is 11.9. The minimum absolute atomic E-state index is 0.705. The minimum atomic E-state index is 0.705. The molecular formula is C13H20INO2. The van der Waals surface area contributed by atoms with Gasteiger partial charge in [0, 0.05) is 6.54 Å². The lowest BCUT2D eigenvalue weighted by molar-refractivity contribution is 0.313. The van der Waals surface area contributed by atoms with Gasteiger partial charge in [0.15, 0.2) is 0 Å². The van der Waals surface area contributed by atoms with Crippen molar-refractivity contribution < 1.29 is 9.47 Å². The fourth-order valence-corrected chi connectivity index (χ4v) is 1.92. The molecule has 1 aromatic rings. The molecule has 0 radical (unpaired) electrons. The molecule has 0 saturated heterocycles. The van der Waals surface area contributed by atoms with Crippen molar-refractivity contribution in [3.8, 4) is 11.5 Å². The third kappa shape index (κ3) is 6.73. The van der Waals surface area contributed by atoms with Crippen molar-refractivity contribution in [2.75, 3.05) is 31.2 Å². The lowest BCUT2D eigenvalue weighted by atomic mass is 10.3. The molecule has 0 saturated carbocycles. The highest BCUT2D eigenvalue weighted by Gasteiger charge is 1.94. The quantitative estimate of drug-likeness (QED) is 0.423. The van der Waals surface area contributed by atoms with Gasteiger partial charge in [0.25, 0.3) is 0 Å². The van der Waals surface area contributed by atoms with Crippen molar-refractivity contribution in [1.82, 2.24) is 5.32 Å². The molecular weight excluding hydrogens is 329 g/mol. The maximum atomic E-state index is 5.59. The monoisotopic (exact) mass is 349 g/mol. The number of ether oxygens (including phenoxy) is 2. The second-order valence-corrected chi connectivity index (χ2v) is 4.75. The van der Waals surface area contributed by atoms with Gasteiger partial charge in [-0.05, 0) is 48.1 Å². The largest absolute Gasteiger partial charge is 0.497 e. The van der Waals surface area contributed by atoms with Crippen LogP contribution in [0.4, 0.5) is 0 Å². The highest BCUT2D eigenvalue weighted by molar-refractivity contribution is 14.1. The maximum Gasteiger partial charge on any atom is 0.119 e. The molecule has 0 aliphatic heterocycles. The van der Waals surface area contributed by atoms with E-state index in [-0.39, 0.29) is 0 Å². The number of hydrogen-bond donors (Lipinski definition) is 1. The summed E-state index contributed by atoms with van der Waals surface area (Å²) in [5, 5.41) is 3.36. The maximum absolute atomic E-state index is 5.59. The number of methoxy groups -OCH3 is 1. The summed E-state index contributed by atoms with van der Waals surface area (Å²) in [6.45, 7) is 2.68. The Morgan fingerprint density at radius 2 is 1.76 bits per heavy atom. The zero-order chi connectivity index (χ0) is 12.3.